The highest BCUT2D eigenvalue weighted by atomic mass is 16.5. The predicted octanol–water partition coefficient (Wildman–Crippen LogP) is 4.61. The topological polar surface area (TPSA) is 46.6 Å². The Bertz CT molecular complexity index is 838. The number of Topliss-reactive ketones (excluding diaryl/α,β-unsaturated/α-hetero) is 1. The van der Waals surface area contributed by atoms with Crippen LogP contribution >= 0.6 is 0 Å². The summed E-state index contributed by atoms with van der Waals surface area (Å²) >= 11 is 0. The van der Waals surface area contributed by atoms with Crippen LogP contribution in [0.25, 0.3) is 0 Å². The van der Waals surface area contributed by atoms with Gasteiger partial charge in [-0.3, -0.25) is 9.59 Å². The molecule has 1 spiro atoms. The van der Waals surface area contributed by atoms with Crippen molar-refractivity contribution in [2.75, 3.05) is 19.7 Å². The first-order valence-corrected chi connectivity index (χ1v) is 11.9. The maximum atomic E-state index is 13.2. The number of hydrogen-bond acceptors (Lipinski definition) is 4. The third-order valence-corrected chi connectivity index (χ3v) is 9.25. The van der Waals surface area contributed by atoms with Crippen LogP contribution in [0.15, 0.2) is 24.3 Å². The molecule has 0 aromatic heterocycles. The normalized spacial score (nSPS) is 34.2. The van der Waals surface area contributed by atoms with Gasteiger partial charge in [0.15, 0.2) is 5.78 Å². The number of ketones is 1. The molecule has 1 aliphatic heterocycles. The molecule has 1 aromatic carbocycles. The number of benzene rings is 1. The van der Waals surface area contributed by atoms with E-state index in [1.807, 2.05) is 19.1 Å². The Hall–Kier alpha value is -1.68. The van der Waals surface area contributed by atoms with Gasteiger partial charge in [-0.2, -0.15) is 0 Å². The summed E-state index contributed by atoms with van der Waals surface area (Å²) in [5, 5.41) is 0. The largest absolute Gasteiger partial charge is 0.466 e. The maximum Gasteiger partial charge on any atom is 0.309 e. The second-order valence-electron chi connectivity index (χ2n) is 10.6. The van der Waals surface area contributed by atoms with Crippen molar-refractivity contribution in [3.05, 3.63) is 35.4 Å². The van der Waals surface area contributed by atoms with E-state index in [0.717, 1.165) is 44.3 Å². The molecule has 2 atom stereocenters. The van der Waals surface area contributed by atoms with Crippen molar-refractivity contribution in [2.24, 2.45) is 23.2 Å². The molecule has 162 valence electrons. The lowest BCUT2D eigenvalue weighted by Crippen LogP contribution is -2.53. The van der Waals surface area contributed by atoms with Crippen LogP contribution < -0.4 is 0 Å². The zero-order valence-corrected chi connectivity index (χ0v) is 18.7. The van der Waals surface area contributed by atoms with Crippen molar-refractivity contribution in [1.82, 2.24) is 4.90 Å². The Morgan fingerprint density at radius 1 is 1.10 bits per heavy atom. The van der Waals surface area contributed by atoms with Gasteiger partial charge in [0.25, 0.3) is 0 Å². The van der Waals surface area contributed by atoms with E-state index >= 15 is 0 Å². The monoisotopic (exact) mass is 409 g/mol. The van der Waals surface area contributed by atoms with E-state index < -0.39 is 0 Å². The van der Waals surface area contributed by atoms with Gasteiger partial charge in [0.2, 0.25) is 0 Å². The van der Waals surface area contributed by atoms with E-state index in [4.69, 9.17) is 4.74 Å². The number of piperidine rings is 1. The molecule has 30 heavy (non-hydrogen) atoms. The smallest absolute Gasteiger partial charge is 0.309 e. The van der Waals surface area contributed by atoms with Crippen LogP contribution in [-0.4, -0.2) is 42.4 Å². The Kier molecular flexibility index (Phi) is 4.85. The lowest BCUT2D eigenvalue weighted by molar-refractivity contribution is -0.152. The van der Waals surface area contributed by atoms with E-state index in [1.54, 1.807) is 0 Å². The molecular weight excluding hydrogens is 374 g/mol. The molecule has 1 heterocycles. The fourth-order valence-electron chi connectivity index (χ4n) is 7.57. The molecule has 2 saturated carbocycles. The summed E-state index contributed by atoms with van der Waals surface area (Å²) in [5.41, 5.74) is 1.87. The van der Waals surface area contributed by atoms with Crippen LogP contribution in [0, 0.1) is 23.2 Å². The number of likely N-dealkylation sites (tertiary alicyclic amines) is 1. The number of carbonyl (C=O) groups excluding carboxylic acids is 2. The van der Waals surface area contributed by atoms with Crippen molar-refractivity contribution in [2.45, 2.75) is 70.8 Å². The Morgan fingerprint density at radius 3 is 2.37 bits per heavy atom. The van der Waals surface area contributed by atoms with Crippen molar-refractivity contribution < 1.29 is 14.3 Å². The average Bonchev–Trinajstić information content (AvgIpc) is 3.10. The average molecular weight is 410 g/mol. The summed E-state index contributed by atoms with van der Waals surface area (Å²) in [6.45, 7) is 8.83. The molecule has 2 bridgehead atoms. The highest BCUT2D eigenvalue weighted by Crippen LogP contribution is 2.57. The number of rotatable bonds is 3. The van der Waals surface area contributed by atoms with Crippen LogP contribution in [0.1, 0.15) is 75.2 Å². The fraction of sp³-hybridized carbons (Fsp3) is 0.692. The van der Waals surface area contributed by atoms with Gasteiger partial charge >= 0.3 is 5.97 Å². The molecule has 3 fully saturated rings. The standard InChI is InChI=1S/C26H35NO3/c1-4-30-24(29)22-17-9-10-18(22)16-19(15-17)27-13-11-26(12-14-27)21-8-6-5-7-20(21)23(28)25(26,2)3/h5-8,17-19,22H,4,9-16H2,1-3H3. The summed E-state index contributed by atoms with van der Waals surface area (Å²) in [7, 11) is 0. The molecule has 1 aromatic rings. The second-order valence-corrected chi connectivity index (χ2v) is 10.6. The number of nitrogens with zero attached hydrogens (tertiary/aromatic N) is 1. The van der Waals surface area contributed by atoms with Crippen LogP contribution in [0.5, 0.6) is 0 Å². The molecule has 4 aliphatic rings. The predicted molar refractivity (Wildman–Crippen MR) is 116 cm³/mol. The maximum absolute atomic E-state index is 13.2. The van der Waals surface area contributed by atoms with E-state index in [1.165, 1.54) is 18.4 Å². The Morgan fingerprint density at radius 2 is 1.73 bits per heavy atom. The SMILES string of the molecule is CCOC(=O)C1C2CCC1CC(N1CCC3(CC1)c1ccccc1C(=O)C3(C)C)C2. The Balaban J connectivity index is 1.31. The molecule has 0 amide bonds. The van der Waals surface area contributed by atoms with Crippen molar-refractivity contribution >= 4 is 11.8 Å². The summed E-state index contributed by atoms with van der Waals surface area (Å²) in [5.74, 6) is 1.49. The van der Waals surface area contributed by atoms with Crippen molar-refractivity contribution in [3.8, 4) is 0 Å². The zero-order chi connectivity index (χ0) is 21.1. The van der Waals surface area contributed by atoms with Gasteiger partial charge in [-0.15, -0.1) is 0 Å². The molecule has 1 saturated heterocycles. The first-order chi connectivity index (χ1) is 14.4. The minimum absolute atomic E-state index is 0.0295. The lowest BCUT2D eigenvalue weighted by Gasteiger charge is -2.50. The van der Waals surface area contributed by atoms with Gasteiger partial charge in [0.05, 0.1) is 12.5 Å². The molecule has 0 radical (unpaired) electrons. The van der Waals surface area contributed by atoms with E-state index in [9.17, 15) is 9.59 Å². The van der Waals surface area contributed by atoms with Gasteiger partial charge in [-0.25, -0.2) is 0 Å². The summed E-state index contributed by atoms with van der Waals surface area (Å²) in [6.07, 6.45) is 6.72. The van der Waals surface area contributed by atoms with E-state index in [2.05, 4.69) is 30.9 Å². The number of carbonyl (C=O) groups is 2. The van der Waals surface area contributed by atoms with Gasteiger partial charge in [-0.05, 0) is 75.9 Å². The third kappa shape index (κ3) is 2.75. The van der Waals surface area contributed by atoms with Crippen LogP contribution in [-0.2, 0) is 14.9 Å². The van der Waals surface area contributed by atoms with Crippen LogP contribution in [0.4, 0.5) is 0 Å². The third-order valence-electron chi connectivity index (χ3n) is 9.25. The van der Waals surface area contributed by atoms with E-state index in [-0.39, 0.29) is 22.7 Å². The zero-order valence-electron chi connectivity index (χ0n) is 18.7. The van der Waals surface area contributed by atoms with Gasteiger partial charge < -0.3 is 9.64 Å². The second kappa shape index (κ2) is 7.19. The summed E-state index contributed by atoms with van der Waals surface area (Å²) in [4.78, 5) is 28.3. The molecule has 4 heteroatoms. The van der Waals surface area contributed by atoms with Crippen molar-refractivity contribution in [1.29, 1.82) is 0 Å². The molecule has 3 aliphatic carbocycles. The Labute approximate surface area is 180 Å². The molecular formula is C26H35NO3. The highest BCUT2D eigenvalue weighted by molar-refractivity contribution is 6.06. The summed E-state index contributed by atoms with van der Waals surface area (Å²) < 4.78 is 5.39. The first kappa shape index (κ1) is 20.2. The van der Waals surface area contributed by atoms with Gasteiger partial charge in [0.1, 0.15) is 0 Å². The lowest BCUT2D eigenvalue weighted by atomic mass is 9.60. The highest BCUT2D eigenvalue weighted by Gasteiger charge is 2.58. The number of ether oxygens (including phenoxy) is 1. The van der Waals surface area contributed by atoms with Crippen molar-refractivity contribution in [3.63, 3.8) is 0 Å². The number of fused-ring (bicyclic) bond motifs is 4. The summed E-state index contributed by atoms with van der Waals surface area (Å²) in [6, 6.07) is 8.90. The molecule has 4 nitrogen and oxygen atoms in total. The molecule has 0 N–H and O–H groups in total. The van der Waals surface area contributed by atoms with Gasteiger partial charge in [-0.1, -0.05) is 38.1 Å². The minimum Gasteiger partial charge on any atom is -0.466 e. The minimum atomic E-state index is -0.330. The number of hydrogen-bond donors (Lipinski definition) is 0. The molecule has 2 unspecified atom stereocenters. The molecule has 5 rings (SSSR count). The first-order valence-electron chi connectivity index (χ1n) is 11.9. The fourth-order valence-corrected chi connectivity index (χ4v) is 7.57. The van der Waals surface area contributed by atoms with E-state index in [0.29, 0.717) is 30.3 Å². The van der Waals surface area contributed by atoms with Gasteiger partial charge in [0, 0.05) is 22.4 Å². The van der Waals surface area contributed by atoms with Crippen LogP contribution in [0.2, 0.25) is 0 Å². The quantitative estimate of drug-likeness (QED) is 0.684. The number of esters is 1. The van der Waals surface area contributed by atoms with Crippen LogP contribution in [0.3, 0.4) is 0 Å².